The Balaban J connectivity index is 1.49. The third-order valence-electron chi connectivity index (χ3n) is 4.10. The Bertz CT molecular complexity index is 459. The fourth-order valence-electron chi connectivity index (χ4n) is 3.00. The Morgan fingerprint density at radius 1 is 1.40 bits per heavy atom. The van der Waals surface area contributed by atoms with Gasteiger partial charge in [-0.1, -0.05) is 6.07 Å². The van der Waals surface area contributed by atoms with Crippen LogP contribution in [-0.4, -0.2) is 47.8 Å². The topological polar surface area (TPSA) is 54.5 Å². The van der Waals surface area contributed by atoms with Gasteiger partial charge in [-0.05, 0) is 31.4 Å². The number of rotatable bonds is 3. The molecule has 1 aromatic heterocycles. The fraction of sp³-hybridized carbons (Fsp3) is 0.600. The predicted molar refractivity (Wildman–Crippen MR) is 75.5 cm³/mol. The molecule has 0 aliphatic carbocycles. The van der Waals surface area contributed by atoms with Gasteiger partial charge in [0.05, 0.1) is 25.3 Å². The van der Waals surface area contributed by atoms with Gasteiger partial charge in [-0.3, -0.25) is 4.98 Å². The van der Waals surface area contributed by atoms with E-state index in [4.69, 9.17) is 4.74 Å². The fourth-order valence-corrected chi connectivity index (χ4v) is 3.00. The quantitative estimate of drug-likeness (QED) is 0.909. The number of nitrogens with one attached hydrogen (secondary N) is 1. The lowest BCUT2D eigenvalue weighted by atomic mass is 10.2. The van der Waals surface area contributed by atoms with Crippen LogP contribution in [0.3, 0.4) is 0 Å². The molecule has 0 radical (unpaired) electrons. The van der Waals surface area contributed by atoms with Crippen LogP contribution in [0.4, 0.5) is 4.79 Å². The minimum absolute atomic E-state index is 0.0490. The normalized spacial score (nSPS) is 24.8. The van der Waals surface area contributed by atoms with Crippen molar-refractivity contribution in [1.82, 2.24) is 15.2 Å². The van der Waals surface area contributed by atoms with Crippen LogP contribution in [0.25, 0.3) is 0 Å². The van der Waals surface area contributed by atoms with Crippen LogP contribution in [0.1, 0.15) is 24.1 Å². The number of nitrogens with zero attached hydrogens (tertiary/aromatic N) is 2. The van der Waals surface area contributed by atoms with E-state index in [0.717, 1.165) is 30.5 Å². The van der Waals surface area contributed by atoms with Crippen molar-refractivity contribution in [3.63, 3.8) is 0 Å². The molecule has 0 aromatic carbocycles. The molecule has 20 heavy (non-hydrogen) atoms. The molecule has 1 aromatic rings. The molecule has 2 aliphatic heterocycles. The zero-order valence-corrected chi connectivity index (χ0v) is 11.8. The average Bonchev–Trinajstić information content (AvgIpc) is 2.71. The van der Waals surface area contributed by atoms with Crippen LogP contribution in [0.5, 0.6) is 0 Å². The van der Waals surface area contributed by atoms with Crippen molar-refractivity contribution in [3.05, 3.63) is 29.6 Å². The molecule has 2 unspecified atom stereocenters. The van der Waals surface area contributed by atoms with E-state index < -0.39 is 0 Å². The Kier molecular flexibility index (Phi) is 3.87. The van der Waals surface area contributed by atoms with Gasteiger partial charge in [0.25, 0.3) is 0 Å². The molecule has 2 aliphatic rings. The van der Waals surface area contributed by atoms with E-state index in [0.29, 0.717) is 19.8 Å². The Morgan fingerprint density at radius 2 is 2.15 bits per heavy atom. The number of urea groups is 1. The maximum Gasteiger partial charge on any atom is 0.318 e. The third-order valence-corrected chi connectivity index (χ3v) is 4.10. The molecule has 2 saturated heterocycles. The highest BCUT2D eigenvalue weighted by atomic mass is 16.5. The average molecular weight is 275 g/mol. The molecule has 0 spiro atoms. The van der Waals surface area contributed by atoms with Crippen LogP contribution in [0, 0.1) is 6.92 Å². The molecule has 3 heterocycles. The minimum Gasteiger partial charge on any atom is -0.377 e. The smallest absolute Gasteiger partial charge is 0.318 e. The first-order valence-corrected chi connectivity index (χ1v) is 7.29. The van der Waals surface area contributed by atoms with E-state index in [9.17, 15) is 4.79 Å². The van der Waals surface area contributed by atoms with E-state index in [1.807, 2.05) is 30.2 Å². The van der Waals surface area contributed by atoms with Gasteiger partial charge in [0.2, 0.25) is 0 Å². The first-order valence-electron chi connectivity index (χ1n) is 7.29. The number of aromatic nitrogens is 1. The minimum atomic E-state index is 0.0490. The first kappa shape index (κ1) is 13.4. The summed E-state index contributed by atoms with van der Waals surface area (Å²) in [5, 5.41) is 3.01. The summed E-state index contributed by atoms with van der Waals surface area (Å²) in [4.78, 5) is 18.6. The molecular formula is C15H21N3O2. The summed E-state index contributed by atoms with van der Waals surface area (Å²) >= 11 is 0. The van der Waals surface area contributed by atoms with Crippen molar-refractivity contribution in [2.75, 3.05) is 19.8 Å². The van der Waals surface area contributed by atoms with Gasteiger partial charge in [-0.2, -0.15) is 0 Å². The number of pyridine rings is 1. The second-order valence-electron chi connectivity index (χ2n) is 5.64. The Hall–Kier alpha value is -1.62. The molecule has 3 rings (SSSR count). The molecule has 2 amide bonds. The molecule has 2 atom stereocenters. The van der Waals surface area contributed by atoms with Crippen LogP contribution in [-0.2, 0) is 11.2 Å². The maximum absolute atomic E-state index is 12.2. The molecule has 0 saturated carbocycles. The SMILES string of the molecule is Cc1ccc(CCNC(=O)N2C3CCC2COC3)nc1. The lowest BCUT2D eigenvalue weighted by Gasteiger charge is -2.34. The number of fused-ring (bicyclic) bond motifs is 2. The second-order valence-corrected chi connectivity index (χ2v) is 5.64. The van der Waals surface area contributed by atoms with Crippen LogP contribution in [0.2, 0.25) is 0 Å². The number of aryl methyl sites for hydroxylation is 1. The number of carbonyl (C=O) groups excluding carboxylic acids is 1. The number of ether oxygens (including phenoxy) is 1. The van der Waals surface area contributed by atoms with E-state index in [1.165, 1.54) is 0 Å². The Labute approximate surface area is 119 Å². The number of carbonyl (C=O) groups is 1. The third kappa shape index (κ3) is 2.77. The van der Waals surface area contributed by atoms with E-state index in [-0.39, 0.29) is 18.1 Å². The zero-order valence-electron chi connectivity index (χ0n) is 11.8. The summed E-state index contributed by atoms with van der Waals surface area (Å²) in [6, 6.07) is 4.65. The zero-order chi connectivity index (χ0) is 13.9. The van der Waals surface area contributed by atoms with Crippen molar-refractivity contribution < 1.29 is 9.53 Å². The highest BCUT2D eigenvalue weighted by molar-refractivity contribution is 5.75. The van der Waals surface area contributed by atoms with Crippen molar-refractivity contribution in [3.8, 4) is 0 Å². The number of morpholine rings is 1. The maximum atomic E-state index is 12.2. The largest absolute Gasteiger partial charge is 0.377 e. The monoisotopic (exact) mass is 275 g/mol. The summed E-state index contributed by atoms with van der Waals surface area (Å²) in [6.07, 6.45) is 4.76. The summed E-state index contributed by atoms with van der Waals surface area (Å²) in [7, 11) is 0. The van der Waals surface area contributed by atoms with Crippen molar-refractivity contribution >= 4 is 6.03 Å². The lowest BCUT2D eigenvalue weighted by molar-refractivity contribution is 0.00645. The predicted octanol–water partition coefficient (Wildman–Crippen LogP) is 1.51. The van der Waals surface area contributed by atoms with Crippen molar-refractivity contribution in [2.24, 2.45) is 0 Å². The van der Waals surface area contributed by atoms with E-state index in [1.54, 1.807) is 0 Å². The first-order chi connectivity index (χ1) is 9.74. The van der Waals surface area contributed by atoms with Gasteiger partial charge in [0, 0.05) is 24.9 Å². The van der Waals surface area contributed by atoms with Crippen LogP contribution in [0.15, 0.2) is 18.3 Å². The van der Waals surface area contributed by atoms with Gasteiger partial charge in [0.1, 0.15) is 0 Å². The highest BCUT2D eigenvalue weighted by Gasteiger charge is 2.40. The molecule has 108 valence electrons. The van der Waals surface area contributed by atoms with Gasteiger partial charge in [0.15, 0.2) is 0 Å². The van der Waals surface area contributed by atoms with Gasteiger partial charge >= 0.3 is 6.03 Å². The van der Waals surface area contributed by atoms with Crippen molar-refractivity contribution in [2.45, 2.75) is 38.3 Å². The summed E-state index contributed by atoms with van der Waals surface area (Å²) in [5.74, 6) is 0. The van der Waals surface area contributed by atoms with Gasteiger partial charge in [-0.15, -0.1) is 0 Å². The van der Waals surface area contributed by atoms with Crippen LogP contribution < -0.4 is 5.32 Å². The van der Waals surface area contributed by atoms with Gasteiger partial charge in [-0.25, -0.2) is 4.79 Å². The number of hydrogen-bond donors (Lipinski definition) is 1. The summed E-state index contributed by atoms with van der Waals surface area (Å²) < 4.78 is 5.49. The van der Waals surface area contributed by atoms with E-state index >= 15 is 0 Å². The van der Waals surface area contributed by atoms with E-state index in [2.05, 4.69) is 10.3 Å². The molecule has 1 N–H and O–H groups in total. The lowest BCUT2D eigenvalue weighted by Crippen LogP contribution is -2.53. The second kappa shape index (κ2) is 5.79. The highest BCUT2D eigenvalue weighted by Crippen LogP contribution is 2.28. The Morgan fingerprint density at radius 3 is 2.80 bits per heavy atom. The van der Waals surface area contributed by atoms with Crippen molar-refractivity contribution in [1.29, 1.82) is 0 Å². The number of hydrogen-bond acceptors (Lipinski definition) is 3. The van der Waals surface area contributed by atoms with Crippen LogP contribution >= 0.6 is 0 Å². The van der Waals surface area contributed by atoms with Gasteiger partial charge < -0.3 is 15.0 Å². The summed E-state index contributed by atoms with van der Waals surface area (Å²) in [6.45, 7) is 4.02. The molecule has 5 nitrogen and oxygen atoms in total. The summed E-state index contributed by atoms with van der Waals surface area (Å²) in [5.41, 5.74) is 2.17. The molecule has 5 heteroatoms. The molecule has 2 bridgehead atoms. The standard InChI is InChI=1S/C15H21N3O2/c1-11-2-3-12(17-8-11)6-7-16-15(19)18-13-4-5-14(18)10-20-9-13/h2-3,8,13-14H,4-7,9-10H2,1H3,(H,16,19). The number of amides is 2. The molecular weight excluding hydrogens is 254 g/mol. The molecule has 2 fully saturated rings.